The van der Waals surface area contributed by atoms with E-state index in [1.807, 2.05) is 11.0 Å². The Bertz CT molecular complexity index is 756. The maximum atomic E-state index is 15.3. The van der Waals surface area contributed by atoms with Gasteiger partial charge in [0.1, 0.15) is 0 Å². The van der Waals surface area contributed by atoms with Gasteiger partial charge in [-0.25, -0.2) is 4.39 Å². The normalized spacial score (nSPS) is 19.5. The molecule has 0 unspecified atom stereocenters. The van der Waals surface area contributed by atoms with Crippen LogP contribution in [0.4, 0.5) is 23.2 Å². The number of esters is 1. The van der Waals surface area contributed by atoms with Crippen molar-refractivity contribution in [1.29, 1.82) is 0 Å². The number of piperidine rings is 2. The van der Waals surface area contributed by atoms with E-state index in [2.05, 4.69) is 0 Å². The molecule has 2 aliphatic rings. The first-order valence-electron chi connectivity index (χ1n) is 10.8. The van der Waals surface area contributed by atoms with Crippen molar-refractivity contribution in [2.24, 2.45) is 5.92 Å². The lowest BCUT2D eigenvalue weighted by Gasteiger charge is -2.37. The summed E-state index contributed by atoms with van der Waals surface area (Å²) in [5, 5.41) is 0. The summed E-state index contributed by atoms with van der Waals surface area (Å²) in [6, 6.07) is 3.42. The van der Waals surface area contributed by atoms with Crippen molar-refractivity contribution >= 4 is 11.7 Å². The number of ether oxygens (including phenoxy) is 2. The Kier molecular flexibility index (Phi) is 7.67. The first-order chi connectivity index (χ1) is 14.7. The minimum Gasteiger partial charge on any atom is -0.494 e. The molecule has 3 rings (SSSR count). The van der Waals surface area contributed by atoms with Crippen LogP contribution in [0.1, 0.15) is 44.1 Å². The zero-order valence-electron chi connectivity index (χ0n) is 18.0. The predicted molar refractivity (Wildman–Crippen MR) is 109 cm³/mol. The van der Waals surface area contributed by atoms with Gasteiger partial charge < -0.3 is 14.4 Å². The summed E-state index contributed by atoms with van der Waals surface area (Å²) in [5.74, 6) is -0.750. The molecule has 0 spiro atoms. The summed E-state index contributed by atoms with van der Waals surface area (Å²) in [6.45, 7) is 2.85. The Morgan fingerprint density at radius 2 is 1.74 bits per heavy atom. The van der Waals surface area contributed by atoms with Crippen LogP contribution in [-0.2, 0) is 9.53 Å². The van der Waals surface area contributed by atoms with E-state index in [0.717, 1.165) is 5.56 Å². The molecule has 1 aromatic carbocycles. The summed E-state index contributed by atoms with van der Waals surface area (Å²) in [4.78, 5) is 15.4. The molecule has 31 heavy (non-hydrogen) atoms. The standard InChI is InChI=1S/C22H30F4N2O3/c1-3-31-21(29)16-8-12-28(13-9-16)20-17(4-5-18(30-2)19(20)23)15-6-10-27(11-7-15)14-22(24,25)26/h4-5,15-16H,3,6-14H2,1-2H3. The van der Waals surface area contributed by atoms with Crippen molar-refractivity contribution in [3.63, 3.8) is 0 Å². The van der Waals surface area contributed by atoms with E-state index < -0.39 is 18.5 Å². The molecule has 0 amide bonds. The van der Waals surface area contributed by atoms with E-state index in [1.54, 1.807) is 13.0 Å². The van der Waals surface area contributed by atoms with Crippen molar-refractivity contribution in [2.45, 2.75) is 44.7 Å². The number of alkyl halides is 3. The lowest BCUT2D eigenvalue weighted by atomic mass is 9.86. The topological polar surface area (TPSA) is 42.0 Å². The fourth-order valence-corrected chi connectivity index (χ4v) is 4.62. The average Bonchev–Trinajstić information content (AvgIpc) is 2.73. The molecular weight excluding hydrogens is 416 g/mol. The number of carbonyl (C=O) groups excluding carboxylic acids is 1. The summed E-state index contributed by atoms with van der Waals surface area (Å²) in [5.41, 5.74) is 1.26. The largest absolute Gasteiger partial charge is 0.494 e. The van der Waals surface area contributed by atoms with Crippen LogP contribution < -0.4 is 9.64 Å². The van der Waals surface area contributed by atoms with Gasteiger partial charge in [0.25, 0.3) is 0 Å². The van der Waals surface area contributed by atoms with Crippen LogP contribution in [0.15, 0.2) is 12.1 Å². The molecule has 5 nitrogen and oxygen atoms in total. The number of carbonyl (C=O) groups is 1. The molecule has 0 atom stereocenters. The highest BCUT2D eigenvalue weighted by atomic mass is 19.4. The number of hydrogen-bond donors (Lipinski definition) is 0. The maximum Gasteiger partial charge on any atom is 0.401 e. The molecule has 2 aliphatic heterocycles. The molecule has 0 bridgehead atoms. The van der Waals surface area contributed by atoms with E-state index >= 15 is 4.39 Å². The SMILES string of the molecule is CCOC(=O)C1CCN(c2c(C3CCN(CC(F)(F)F)CC3)ccc(OC)c2F)CC1. The monoisotopic (exact) mass is 446 g/mol. The van der Waals surface area contributed by atoms with E-state index in [0.29, 0.717) is 64.2 Å². The predicted octanol–water partition coefficient (Wildman–Crippen LogP) is 4.36. The third-order valence-electron chi connectivity index (χ3n) is 6.19. The first kappa shape index (κ1) is 23.6. The molecule has 0 N–H and O–H groups in total. The minimum atomic E-state index is -4.21. The Balaban J connectivity index is 1.76. The molecule has 9 heteroatoms. The quantitative estimate of drug-likeness (QED) is 0.480. The number of rotatable bonds is 6. The Morgan fingerprint density at radius 1 is 1.10 bits per heavy atom. The lowest BCUT2D eigenvalue weighted by molar-refractivity contribution is -0.149. The van der Waals surface area contributed by atoms with Crippen LogP contribution in [0, 0.1) is 11.7 Å². The molecule has 2 heterocycles. The summed E-state index contributed by atoms with van der Waals surface area (Å²) >= 11 is 0. The lowest BCUT2D eigenvalue weighted by Crippen LogP contribution is -2.40. The van der Waals surface area contributed by atoms with Crippen LogP contribution in [-0.4, -0.2) is 63.5 Å². The minimum absolute atomic E-state index is 0.0253. The summed E-state index contributed by atoms with van der Waals surface area (Å²) in [6.07, 6.45) is -2.01. The van der Waals surface area contributed by atoms with E-state index in [-0.39, 0.29) is 23.6 Å². The third kappa shape index (κ3) is 5.81. The molecule has 0 radical (unpaired) electrons. The van der Waals surface area contributed by atoms with Gasteiger partial charge in [-0.3, -0.25) is 9.69 Å². The molecule has 2 fully saturated rings. The number of likely N-dealkylation sites (tertiary alicyclic amines) is 1. The maximum absolute atomic E-state index is 15.3. The van der Waals surface area contributed by atoms with Crippen molar-refractivity contribution in [2.75, 3.05) is 51.3 Å². The van der Waals surface area contributed by atoms with Gasteiger partial charge >= 0.3 is 12.1 Å². The number of halogens is 4. The first-order valence-corrected chi connectivity index (χ1v) is 10.8. The Hall–Kier alpha value is -2.03. The highest BCUT2D eigenvalue weighted by Crippen LogP contribution is 2.41. The van der Waals surface area contributed by atoms with Crippen molar-refractivity contribution in [3.8, 4) is 5.75 Å². The number of nitrogens with zero attached hydrogens (tertiary/aromatic N) is 2. The Labute approximate surface area is 180 Å². The highest BCUT2D eigenvalue weighted by Gasteiger charge is 2.35. The molecule has 174 valence electrons. The second kappa shape index (κ2) is 10.1. The molecular formula is C22H30F4N2O3. The van der Waals surface area contributed by atoms with E-state index in [1.165, 1.54) is 12.0 Å². The smallest absolute Gasteiger partial charge is 0.401 e. The van der Waals surface area contributed by atoms with Gasteiger partial charge in [-0.05, 0) is 63.2 Å². The number of benzene rings is 1. The zero-order chi connectivity index (χ0) is 22.6. The Morgan fingerprint density at radius 3 is 2.29 bits per heavy atom. The van der Waals surface area contributed by atoms with Crippen molar-refractivity contribution in [3.05, 3.63) is 23.5 Å². The molecule has 0 saturated carbocycles. The fraction of sp³-hybridized carbons (Fsp3) is 0.682. The fourth-order valence-electron chi connectivity index (χ4n) is 4.62. The molecule has 0 aromatic heterocycles. The third-order valence-corrected chi connectivity index (χ3v) is 6.19. The number of anilines is 1. The van der Waals surface area contributed by atoms with Crippen LogP contribution in [0.5, 0.6) is 5.75 Å². The van der Waals surface area contributed by atoms with Gasteiger partial charge in [0, 0.05) is 13.1 Å². The molecule has 0 aliphatic carbocycles. The van der Waals surface area contributed by atoms with Crippen molar-refractivity contribution in [1.82, 2.24) is 4.90 Å². The van der Waals surface area contributed by atoms with Gasteiger partial charge in [0.05, 0.1) is 31.9 Å². The second-order valence-electron chi connectivity index (χ2n) is 8.20. The van der Waals surface area contributed by atoms with Gasteiger partial charge in [0.15, 0.2) is 11.6 Å². The molecule has 1 aromatic rings. The van der Waals surface area contributed by atoms with E-state index in [4.69, 9.17) is 9.47 Å². The zero-order valence-corrected chi connectivity index (χ0v) is 18.0. The average molecular weight is 446 g/mol. The number of methoxy groups -OCH3 is 1. The van der Waals surface area contributed by atoms with Gasteiger partial charge in [0.2, 0.25) is 0 Å². The van der Waals surface area contributed by atoms with Crippen LogP contribution in [0.25, 0.3) is 0 Å². The summed E-state index contributed by atoms with van der Waals surface area (Å²) < 4.78 is 63.7. The van der Waals surface area contributed by atoms with Crippen LogP contribution in [0.2, 0.25) is 0 Å². The number of hydrogen-bond acceptors (Lipinski definition) is 5. The highest BCUT2D eigenvalue weighted by molar-refractivity contribution is 5.73. The van der Waals surface area contributed by atoms with Gasteiger partial charge in [-0.1, -0.05) is 6.07 Å². The molecule has 2 saturated heterocycles. The van der Waals surface area contributed by atoms with Crippen molar-refractivity contribution < 1.29 is 31.8 Å². The second-order valence-corrected chi connectivity index (χ2v) is 8.20. The van der Waals surface area contributed by atoms with Gasteiger partial charge in [-0.2, -0.15) is 13.2 Å². The van der Waals surface area contributed by atoms with Crippen LogP contribution >= 0.6 is 0 Å². The summed E-state index contributed by atoms with van der Waals surface area (Å²) in [7, 11) is 1.41. The van der Waals surface area contributed by atoms with E-state index in [9.17, 15) is 18.0 Å². The van der Waals surface area contributed by atoms with Crippen LogP contribution in [0.3, 0.4) is 0 Å². The van der Waals surface area contributed by atoms with Gasteiger partial charge in [-0.15, -0.1) is 0 Å².